The molecule has 23 nitrogen and oxygen atoms in total. The minimum Gasteiger partial charge on any atom is -0.461 e. The second-order valence-electron chi connectivity index (χ2n) is 36.6. The Kier molecular flexibility index (Phi) is 26.1. The van der Waals surface area contributed by atoms with Gasteiger partial charge in [0, 0.05) is 130 Å². The highest BCUT2D eigenvalue weighted by atomic mass is 35.6. The highest BCUT2D eigenvalue weighted by Crippen LogP contribution is 2.70. The van der Waals surface area contributed by atoms with E-state index in [2.05, 4.69) is 47.5 Å². The molecule has 622 valence electrons. The molecule has 22 atom stereocenters. The maximum Gasteiger partial charge on any atom is 0.509 e. The molecular weight excluding hydrogens is 1500 g/mol. The van der Waals surface area contributed by atoms with Crippen molar-refractivity contribution in [2.75, 3.05) is 99.4 Å². The molecule has 0 spiro atoms. The van der Waals surface area contributed by atoms with Gasteiger partial charge in [-0.3, -0.25) is 19.2 Å². The van der Waals surface area contributed by atoms with E-state index in [1.807, 2.05) is 98.7 Å². The maximum atomic E-state index is 15.5. The van der Waals surface area contributed by atoms with Crippen LogP contribution in [0.5, 0.6) is 0 Å². The number of likely N-dealkylation sites (N-methyl/N-ethyl adjacent to an activating group) is 2. The number of Topliss-reactive ketones (excluding diaryl/α,β-unsaturated/α-hetero) is 2. The Hall–Kier alpha value is -5.12. The number of esters is 4. The zero-order valence-corrected chi connectivity index (χ0v) is 71.0. The van der Waals surface area contributed by atoms with Gasteiger partial charge in [0.2, 0.25) is 9.90 Å². The highest BCUT2D eigenvalue weighted by molar-refractivity contribution is 6.67. The summed E-state index contributed by atoms with van der Waals surface area (Å²) in [5.41, 5.74) is -5.21. The number of hydrogen-bond acceptors (Lipinski definition) is 23. The predicted octanol–water partition coefficient (Wildman–Crippen LogP) is 10.8. The lowest BCUT2D eigenvalue weighted by Crippen LogP contribution is -2.75. The standard InChI is InChI=1S/C45H63Cl3N2O10.C41H60N2O9/c1-26(30-14-11-10-12-15-30)36(60-40(54)57-25-45(46,47)48)39(53)58-31-23-44(55)29(4)37-42(7)24-56-32(42)22-33(59-34(51)16-13-17-50-20-18-49(9)19-21-50)43(37,8)38(52)28(3)35(27(31)2)41(44,5)6;1-24(27-13-10-9-11-14-27)33(45)37(48)51-28-22-41(49)26(3)35-39(6)23-50-29(39)21-30(52-31(44)15-12-16-43-19-17-42(8)18-20-43)40(35,7)36(47)34(46)32(25(28)2)38(41,4)5/h10-12,14-15,26,28-29,31-33,36-37,55H,13,16-25H2,1-9H3;9-11,13-14,24,26,28-30,33-35,45-46,49H,12,15-23H2,1-8H3/t26-,28+,29-,31-,32+,33-,36+,37?,42+,43+,44+;24-,26-,28-,29+,30-,33+,34+,35?,39+,40+,41+/m00/s1. The molecule has 0 aromatic heterocycles. The zero-order valence-electron chi connectivity index (χ0n) is 68.7. The quantitative estimate of drug-likeness (QED) is 0.0415. The van der Waals surface area contributed by atoms with Gasteiger partial charge in [-0.2, -0.15) is 0 Å². The number of ketones is 2. The molecule has 4 aliphatic heterocycles. The fourth-order valence-corrected chi connectivity index (χ4v) is 22.7. The minimum atomic E-state index is -1.91. The van der Waals surface area contributed by atoms with Crippen LogP contribution in [0, 0.1) is 62.1 Å². The molecule has 0 amide bonds. The van der Waals surface area contributed by atoms with Crippen molar-refractivity contribution in [3.63, 3.8) is 0 Å². The van der Waals surface area contributed by atoms with Crippen LogP contribution >= 0.6 is 34.8 Å². The molecule has 2 aromatic carbocycles. The third kappa shape index (κ3) is 16.1. The first-order valence-corrected chi connectivity index (χ1v) is 41.6. The van der Waals surface area contributed by atoms with Crippen LogP contribution in [0.3, 0.4) is 0 Å². The molecule has 10 aliphatic rings. The van der Waals surface area contributed by atoms with Gasteiger partial charge >= 0.3 is 30.0 Å². The Labute approximate surface area is 676 Å². The summed E-state index contributed by atoms with van der Waals surface area (Å²) in [5.74, 6) is -7.17. The van der Waals surface area contributed by atoms with Crippen LogP contribution in [0.15, 0.2) is 83.0 Å². The van der Waals surface area contributed by atoms with E-state index < -0.39 is 162 Å². The van der Waals surface area contributed by atoms with Gasteiger partial charge in [-0.1, -0.05) is 172 Å². The van der Waals surface area contributed by atoms with Crippen molar-refractivity contribution in [2.24, 2.45) is 62.1 Å². The fraction of sp³-hybridized carbons (Fsp3) is 0.733. The van der Waals surface area contributed by atoms with Crippen molar-refractivity contribution >= 4 is 76.4 Å². The van der Waals surface area contributed by atoms with E-state index >= 15 is 9.59 Å². The number of benzene rings is 2. The van der Waals surface area contributed by atoms with Crippen LogP contribution in [-0.4, -0.2) is 251 Å². The Morgan fingerprint density at radius 2 is 0.982 bits per heavy atom. The smallest absolute Gasteiger partial charge is 0.461 e. The molecule has 2 unspecified atom stereocenters. The van der Waals surface area contributed by atoms with Crippen molar-refractivity contribution in [3.05, 3.63) is 94.1 Å². The molecular formula is C86H123Cl3N4O19. The molecule has 12 rings (SSSR count). The van der Waals surface area contributed by atoms with Gasteiger partial charge in [0.15, 0.2) is 11.9 Å². The zero-order chi connectivity index (χ0) is 82.1. The van der Waals surface area contributed by atoms with Crippen LogP contribution in [0.4, 0.5) is 4.79 Å². The largest absolute Gasteiger partial charge is 0.509 e. The lowest BCUT2D eigenvalue weighted by atomic mass is 9.40. The fourth-order valence-electron chi connectivity index (χ4n) is 22.5. The van der Waals surface area contributed by atoms with E-state index in [1.54, 1.807) is 52.0 Å². The Bertz CT molecular complexity index is 3860. The van der Waals surface area contributed by atoms with Crippen molar-refractivity contribution in [2.45, 2.75) is 237 Å². The van der Waals surface area contributed by atoms with Gasteiger partial charge < -0.3 is 77.9 Å². The first-order valence-electron chi connectivity index (χ1n) is 40.5. The molecule has 4 N–H and O–H groups in total. The monoisotopic (exact) mass is 1620 g/mol. The van der Waals surface area contributed by atoms with Crippen LogP contribution in [-0.2, 0) is 66.7 Å². The average molecular weight is 1620 g/mol. The second-order valence-corrected chi connectivity index (χ2v) is 39.1. The lowest BCUT2D eigenvalue weighted by molar-refractivity contribution is -0.304. The molecule has 6 aliphatic carbocycles. The molecule has 8 fully saturated rings. The summed E-state index contributed by atoms with van der Waals surface area (Å²) in [5, 5.41) is 49.8. The number of rotatable bonds is 20. The number of fused-ring (bicyclic) bond motifs is 10. The van der Waals surface area contributed by atoms with Crippen LogP contribution in [0.25, 0.3) is 0 Å². The Morgan fingerprint density at radius 3 is 1.40 bits per heavy atom. The maximum absolute atomic E-state index is 15.5. The van der Waals surface area contributed by atoms with Crippen LogP contribution in [0.2, 0.25) is 0 Å². The molecule has 4 bridgehead atoms. The number of halogens is 3. The molecule has 4 heterocycles. The lowest BCUT2D eigenvalue weighted by Gasteiger charge is -2.69. The number of nitrogens with zero attached hydrogens (tertiary/aromatic N) is 4. The number of aliphatic hydroxyl groups is 4. The number of carbonyl (C=O) groups excluding carboxylic acids is 7. The highest BCUT2D eigenvalue weighted by Gasteiger charge is 2.76. The summed E-state index contributed by atoms with van der Waals surface area (Å²) < 4.78 is 46.0. The summed E-state index contributed by atoms with van der Waals surface area (Å²) in [4.78, 5) is 108. The van der Waals surface area contributed by atoms with Crippen molar-refractivity contribution in [3.8, 4) is 0 Å². The first-order chi connectivity index (χ1) is 52.3. The minimum absolute atomic E-state index is 0.000514. The van der Waals surface area contributed by atoms with Crippen LogP contribution in [0.1, 0.15) is 178 Å². The molecule has 0 radical (unpaired) electrons. The summed E-state index contributed by atoms with van der Waals surface area (Å²) in [6, 6.07) is 18.2. The van der Waals surface area contributed by atoms with Gasteiger partial charge in [0.25, 0.3) is 0 Å². The normalized spacial score (nSPS) is 37.0. The molecule has 112 heavy (non-hydrogen) atoms. The topological polar surface area (TPSA) is 287 Å². The number of alkyl halides is 3. The summed E-state index contributed by atoms with van der Waals surface area (Å²) in [6.07, 6.45) is -7.63. The van der Waals surface area contributed by atoms with Gasteiger partial charge in [0.05, 0.1) is 47.5 Å². The third-order valence-electron chi connectivity index (χ3n) is 29.4. The van der Waals surface area contributed by atoms with Gasteiger partial charge in [-0.25, -0.2) is 14.4 Å². The van der Waals surface area contributed by atoms with Crippen molar-refractivity contribution in [1.29, 1.82) is 0 Å². The van der Waals surface area contributed by atoms with Gasteiger partial charge in [-0.15, -0.1) is 0 Å². The predicted molar refractivity (Wildman–Crippen MR) is 422 cm³/mol. The Balaban J connectivity index is 0.000000224. The molecule has 4 saturated heterocycles. The Morgan fingerprint density at radius 1 is 0.580 bits per heavy atom. The van der Waals surface area contributed by atoms with Crippen molar-refractivity contribution in [1.82, 2.24) is 19.6 Å². The summed E-state index contributed by atoms with van der Waals surface area (Å²) in [6.45, 7) is 37.8. The van der Waals surface area contributed by atoms with Gasteiger partial charge in [0.1, 0.15) is 42.9 Å². The number of piperazine rings is 2. The van der Waals surface area contributed by atoms with E-state index in [0.717, 1.165) is 71.0 Å². The van der Waals surface area contributed by atoms with Crippen LogP contribution < -0.4 is 0 Å². The van der Waals surface area contributed by atoms with E-state index in [9.17, 15) is 44.4 Å². The second kappa shape index (κ2) is 33.3. The van der Waals surface area contributed by atoms with E-state index in [-0.39, 0.29) is 55.6 Å². The van der Waals surface area contributed by atoms with Crippen molar-refractivity contribution < 1.29 is 91.9 Å². The summed E-state index contributed by atoms with van der Waals surface area (Å²) in [7, 11) is 4.22. The number of hydrogen-bond donors (Lipinski definition) is 4. The number of ether oxygens (including phenoxy) is 8. The van der Waals surface area contributed by atoms with E-state index in [1.165, 1.54) is 0 Å². The molecule has 26 heteroatoms. The van der Waals surface area contributed by atoms with E-state index in [4.69, 9.17) is 72.7 Å². The average Bonchev–Trinajstić information content (AvgIpc) is 0.678. The third-order valence-corrected chi connectivity index (χ3v) is 29.7. The van der Waals surface area contributed by atoms with E-state index in [0.29, 0.717) is 66.8 Å². The first kappa shape index (κ1) is 87.7. The number of carbonyl (C=O) groups is 7. The number of aliphatic hydroxyl groups excluding tert-OH is 2. The van der Waals surface area contributed by atoms with Gasteiger partial charge in [-0.05, 0) is 125 Å². The molecule has 4 saturated carbocycles. The molecule has 2 aromatic rings. The SMILES string of the molecule is CC1=C2[C@@H](C)C(=O)[C@@]3(C)C([C@H](C)[C@](O)(C[C@@H]1OC(=O)[C@H](OC(=O)OCC(Cl)(Cl)Cl)[C@@H](C)c1ccccc1)C2(C)C)[C@]1(C)CO[C@@H]1C[C@@H]3OC(=O)CCCN1CCN(C)CC1.CC1=C2[C@@H](O)C(=O)[C@@]3(C)C([C@H](C)[C@](O)(C[C@@H]1OC(=O)[C@H](O)[C@@H](C)c1ccccc1)C2(C)C)[C@]1(C)CO[C@@H]1C[C@@H]3OC(=O)CCCN1CCN(C)CC1. The summed E-state index contributed by atoms with van der Waals surface area (Å²) >= 11 is 17.4.